The number of anilines is 1. The molecule has 4 rings (SSSR count). The molecule has 0 bridgehead atoms. The van der Waals surface area contributed by atoms with Crippen molar-refractivity contribution < 1.29 is 0 Å². The summed E-state index contributed by atoms with van der Waals surface area (Å²) in [6, 6.07) is 8.97. The molecule has 3 aromatic rings. The summed E-state index contributed by atoms with van der Waals surface area (Å²) in [4.78, 5) is 26.5. The number of hydrogen-bond donors (Lipinski definition) is 0. The molecule has 0 amide bonds. The highest BCUT2D eigenvalue weighted by Crippen LogP contribution is 2.23. The first-order chi connectivity index (χ1) is 12.7. The Morgan fingerprint density at radius 3 is 2.73 bits per heavy atom. The van der Waals surface area contributed by atoms with Crippen molar-refractivity contribution in [2.75, 3.05) is 18.0 Å². The van der Waals surface area contributed by atoms with Crippen LogP contribution in [0.5, 0.6) is 0 Å². The third-order valence-corrected chi connectivity index (χ3v) is 4.29. The Morgan fingerprint density at radius 2 is 2.04 bits per heavy atom. The standard InChI is InChI=1S/C18H15N7O/c19-6-15-8-22-17(9-21-15)24-10-13(11-24)12-25-18(26)4-3-16(23-25)14-2-1-5-20-7-14/h1-5,7-9,13H,10-12H2. The normalized spacial score (nSPS) is 13.9. The molecule has 1 aliphatic rings. The van der Waals surface area contributed by atoms with Crippen LogP contribution < -0.4 is 10.5 Å². The average Bonchev–Trinajstić information content (AvgIpc) is 2.66. The van der Waals surface area contributed by atoms with Crippen LogP contribution in [0.2, 0.25) is 0 Å². The lowest BCUT2D eigenvalue weighted by molar-refractivity contribution is 0.333. The van der Waals surface area contributed by atoms with E-state index in [0.717, 1.165) is 30.2 Å². The van der Waals surface area contributed by atoms with Crippen molar-refractivity contribution in [2.24, 2.45) is 5.92 Å². The molecule has 0 unspecified atom stereocenters. The van der Waals surface area contributed by atoms with Gasteiger partial charge in [-0.3, -0.25) is 9.78 Å². The molecule has 4 heterocycles. The van der Waals surface area contributed by atoms with Gasteiger partial charge in [0.1, 0.15) is 11.9 Å². The Bertz CT molecular complexity index is 1000. The van der Waals surface area contributed by atoms with E-state index in [4.69, 9.17) is 5.26 Å². The van der Waals surface area contributed by atoms with Gasteiger partial charge in [-0.05, 0) is 18.2 Å². The number of nitrogens with zero attached hydrogens (tertiary/aromatic N) is 7. The Labute approximate surface area is 149 Å². The summed E-state index contributed by atoms with van der Waals surface area (Å²) < 4.78 is 1.51. The Hall–Kier alpha value is -3.60. The summed E-state index contributed by atoms with van der Waals surface area (Å²) >= 11 is 0. The molecule has 128 valence electrons. The topological polar surface area (TPSA) is 101 Å². The first kappa shape index (κ1) is 15.9. The Kier molecular flexibility index (Phi) is 4.11. The molecule has 0 saturated carbocycles. The molecule has 26 heavy (non-hydrogen) atoms. The van der Waals surface area contributed by atoms with Crippen LogP contribution in [0.15, 0.2) is 53.8 Å². The molecule has 0 atom stereocenters. The van der Waals surface area contributed by atoms with Crippen molar-refractivity contribution in [3.63, 3.8) is 0 Å². The second-order valence-electron chi connectivity index (χ2n) is 6.12. The first-order valence-electron chi connectivity index (χ1n) is 8.18. The van der Waals surface area contributed by atoms with E-state index in [9.17, 15) is 4.79 Å². The van der Waals surface area contributed by atoms with Gasteiger partial charge >= 0.3 is 0 Å². The molecule has 0 radical (unpaired) electrons. The van der Waals surface area contributed by atoms with Crippen LogP contribution in [0.3, 0.4) is 0 Å². The van der Waals surface area contributed by atoms with Crippen LogP contribution in [-0.4, -0.2) is 37.8 Å². The first-order valence-corrected chi connectivity index (χ1v) is 8.18. The van der Waals surface area contributed by atoms with E-state index < -0.39 is 0 Å². The van der Waals surface area contributed by atoms with E-state index >= 15 is 0 Å². The third kappa shape index (κ3) is 3.15. The largest absolute Gasteiger partial charge is 0.355 e. The number of hydrogen-bond acceptors (Lipinski definition) is 7. The summed E-state index contributed by atoms with van der Waals surface area (Å²) in [5, 5.41) is 13.2. The van der Waals surface area contributed by atoms with Gasteiger partial charge in [0.2, 0.25) is 0 Å². The highest BCUT2D eigenvalue weighted by atomic mass is 16.1. The molecule has 8 nitrogen and oxygen atoms in total. The highest BCUT2D eigenvalue weighted by Gasteiger charge is 2.28. The Balaban J connectivity index is 1.44. The molecule has 1 fully saturated rings. The van der Waals surface area contributed by atoms with Crippen LogP contribution in [0.25, 0.3) is 11.3 Å². The van der Waals surface area contributed by atoms with E-state index in [1.165, 1.54) is 16.9 Å². The minimum atomic E-state index is -0.116. The second kappa shape index (κ2) is 6.72. The van der Waals surface area contributed by atoms with Crippen LogP contribution in [0.4, 0.5) is 5.82 Å². The monoisotopic (exact) mass is 345 g/mol. The van der Waals surface area contributed by atoms with Gasteiger partial charge in [0, 0.05) is 43.0 Å². The molecule has 8 heteroatoms. The maximum absolute atomic E-state index is 12.1. The molecule has 3 aromatic heterocycles. The zero-order valence-electron chi connectivity index (χ0n) is 13.9. The molecular formula is C18H15N7O. The molecular weight excluding hydrogens is 330 g/mol. The average molecular weight is 345 g/mol. The SMILES string of the molecule is N#Cc1cnc(N2CC(Cn3nc(-c4cccnc4)ccc3=O)C2)cn1. The number of nitriles is 1. The lowest BCUT2D eigenvalue weighted by Crippen LogP contribution is -2.50. The van der Waals surface area contributed by atoms with Gasteiger partial charge in [0.25, 0.3) is 5.56 Å². The van der Waals surface area contributed by atoms with Crippen molar-refractivity contribution in [1.82, 2.24) is 24.7 Å². The molecule has 1 aliphatic heterocycles. The minimum absolute atomic E-state index is 0.116. The van der Waals surface area contributed by atoms with Crippen LogP contribution in [0.1, 0.15) is 5.69 Å². The number of aromatic nitrogens is 5. The van der Waals surface area contributed by atoms with E-state index in [1.54, 1.807) is 24.7 Å². The molecule has 0 N–H and O–H groups in total. The van der Waals surface area contributed by atoms with Gasteiger partial charge < -0.3 is 4.90 Å². The molecule has 0 spiro atoms. The Morgan fingerprint density at radius 1 is 1.15 bits per heavy atom. The summed E-state index contributed by atoms with van der Waals surface area (Å²) in [7, 11) is 0. The van der Waals surface area contributed by atoms with Crippen LogP contribution in [-0.2, 0) is 6.54 Å². The van der Waals surface area contributed by atoms with Crippen molar-refractivity contribution in [3.8, 4) is 17.3 Å². The van der Waals surface area contributed by atoms with Gasteiger partial charge in [-0.2, -0.15) is 10.4 Å². The fourth-order valence-corrected chi connectivity index (χ4v) is 2.91. The van der Waals surface area contributed by atoms with Crippen molar-refractivity contribution in [2.45, 2.75) is 6.54 Å². The van der Waals surface area contributed by atoms with E-state index in [2.05, 4.69) is 25.0 Å². The summed E-state index contributed by atoms with van der Waals surface area (Å²) in [6.45, 7) is 2.09. The molecule has 0 aromatic carbocycles. The summed E-state index contributed by atoms with van der Waals surface area (Å²) in [5.41, 5.74) is 1.79. The fourth-order valence-electron chi connectivity index (χ4n) is 2.91. The van der Waals surface area contributed by atoms with E-state index in [-0.39, 0.29) is 5.56 Å². The second-order valence-corrected chi connectivity index (χ2v) is 6.12. The smallest absolute Gasteiger partial charge is 0.266 e. The third-order valence-electron chi connectivity index (χ3n) is 4.29. The predicted molar refractivity (Wildman–Crippen MR) is 94.2 cm³/mol. The van der Waals surface area contributed by atoms with Gasteiger partial charge in [-0.15, -0.1) is 0 Å². The fraction of sp³-hybridized carbons (Fsp3) is 0.222. The van der Waals surface area contributed by atoms with Gasteiger partial charge in [0.05, 0.1) is 24.6 Å². The predicted octanol–water partition coefficient (Wildman–Crippen LogP) is 1.10. The van der Waals surface area contributed by atoms with E-state index in [0.29, 0.717) is 18.2 Å². The van der Waals surface area contributed by atoms with E-state index in [1.807, 2.05) is 18.2 Å². The van der Waals surface area contributed by atoms with Crippen LogP contribution >= 0.6 is 0 Å². The quantitative estimate of drug-likeness (QED) is 0.698. The number of rotatable bonds is 4. The van der Waals surface area contributed by atoms with Crippen molar-refractivity contribution in [1.29, 1.82) is 5.26 Å². The zero-order chi connectivity index (χ0) is 17.9. The molecule has 0 aliphatic carbocycles. The van der Waals surface area contributed by atoms with Crippen molar-refractivity contribution >= 4 is 5.82 Å². The summed E-state index contributed by atoms with van der Waals surface area (Å²) in [5.74, 6) is 1.05. The van der Waals surface area contributed by atoms with Gasteiger partial charge in [-0.1, -0.05) is 0 Å². The highest BCUT2D eigenvalue weighted by molar-refractivity contribution is 5.56. The van der Waals surface area contributed by atoms with Gasteiger partial charge in [0.15, 0.2) is 5.69 Å². The van der Waals surface area contributed by atoms with Crippen LogP contribution in [0, 0.1) is 17.2 Å². The number of pyridine rings is 1. The maximum atomic E-state index is 12.1. The summed E-state index contributed by atoms with van der Waals surface area (Å²) in [6.07, 6.45) is 6.49. The van der Waals surface area contributed by atoms with Gasteiger partial charge in [-0.25, -0.2) is 14.6 Å². The minimum Gasteiger partial charge on any atom is -0.355 e. The molecule has 1 saturated heterocycles. The zero-order valence-corrected chi connectivity index (χ0v) is 13.9. The lowest BCUT2D eigenvalue weighted by atomic mass is 10.0. The van der Waals surface area contributed by atoms with Crippen molar-refractivity contribution in [3.05, 3.63) is 65.1 Å². The maximum Gasteiger partial charge on any atom is 0.266 e. The lowest BCUT2D eigenvalue weighted by Gasteiger charge is -2.39.